The highest BCUT2D eigenvalue weighted by Gasteiger charge is 2.40. The fourth-order valence-electron chi connectivity index (χ4n) is 2.23. The number of halogens is 1. The maximum absolute atomic E-state index is 12.1. The maximum atomic E-state index is 12.1. The van der Waals surface area contributed by atoms with Crippen molar-refractivity contribution in [3.8, 4) is 0 Å². The highest BCUT2D eigenvalue weighted by molar-refractivity contribution is 14.0. The normalized spacial score (nSPS) is 19.7. The van der Waals surface area contributed by atoms with E-state index in [0.29, 0.717) is 38.6 Å². The molecule has 1 N–H and O–H groups in total. The van der Waals surface area contributed by atoms with Crippen LogP contribution in [0.15, 0.2) is 4.99 Å². The fraction of sp³-hybridized carbons (Fsp3) is 0.857. The van der Waals surface area contributed by atoms with Gasteiger partial charge in [0.05, 0.1) is 17.0 Å². The first-order valence-electron chi connectivity index (χ1n) is 7.56. The molecule has 1 amide bonds. The van der Waals surface area contributed by atoms with Crippen LogP contribution in [0.4, 0.5) is 0 Å². The summed E-state index contributed by atoms with van der Waals surface area (Å²) >= 11 is 0. The predicted molar refractivity (Wildman–Crippen MR) is 104 cm³/mol. The summed E-state index contributed by atoms with van der Waals surface area (Å²) in [5, 5.41) is 3.18. The molecular formula is C14H29IN4O3S. The highest BCUT2D eigenvalue weighted by atomic mass is 127. The second-order valence-electron chi connectivity index (χ2n) is 6.27. The largest absolute Gasteiger partial charge is 0.357 e. The number of aliphatic imine (C=N–C) groups is 1. The summed E-state index contributed by atoms with van der Waals surface area (Å²) in [6.45, 7) is 7.38. The smallest absolute Gasteiger partial charge is 0.223 e. The van der Waals surface area contributed by atoms with Crippen molar-refractivity contribution in [1.29, 1.82) is 0 Å². The van der Waals surface area contributed by atoms with Gasteiger partial charge in [-0.15, -0.1) is 24.0 Å². The van der Waals surface area contributed by atoms with E-state index >= 15 is 0 Å². The topological polar surface area (TPSA) is 82.1 Å². The molecule has 0 aliphatic carbocycles. The van der Waals surface area contributed by atoms with Crippen LogP contribution in [0.1, 0.15) is 27.2 Å². The molecule has 0 radical (unpaired) electrons. The van der Waals surface area contributed by atoms with E-state index in [1.165, 1.54) is 0 Å². The van der Waals surface area contributed by atoms with Gasteiger partial charge in [-0.05, 0) is 20.8 Å². The Labute approximate surface area is 156 Å². The third-order valence-electron chi connectivity index (χ3n) is 3.76. The van der Waals surface area contributed by atoms with Gasteiger partial charge in [-0.2, -0.15) is 0 Å². The van der Waals surface area contributed by atoms with E-state index in [-0.39, 0.29) is 35.6 Å². The van der Waals surface area contributed by atoms with Gasteiger partial charge in [0.2, 0.25) is 5.91 Å². The standard InChI is InChI=1S/C14H28N4O3S.HI/c1-6-15-13(16-8-7-12(19)17(4)5)18-9-10-22(20,21)14(2,3)11-18;/h6-11H2,1-5H3,(H,15,16);1H. The summed E-state index contributed by atoms with van der Waals surface area (Å²) in [7, 11) is 0.362. The van der Waals surface area contributed by atoms with Gasteiger partial charge in [0.15, 0.2) is 15.8 Å². The molecule has 1 fully saturated rings. The Hall–Kier alpha value is -0.580. The molecule has 23 heavy (non-hydrogen) atoms. The number of hydrogen-bond acceptors (Lipinski definition) is 4. The minimum Gasteiger partial charge on any atom is -0.357 e. The Kier molecular flexibility index (Phi) is 8.82. The Morgan fingerprint density at radius 1 is 1.35 bits per heavy atom. The van der Waals surface area contributed by atoms with Gasteiger partial charge in [-0.25, -0.2) is 8.42 Å². The molecule has 1 aliphatic rings. The van der Waals surface area contributed by atoms with Gasteiger partial charge < -0.3 is 15.1 Å². The SMILES string of the molecule is CCNC(=NCCC(=O)N(C)C)N1CCS(=O)(=O)C(C)(C)C1.I. The number of guanidine groups is 1. The van der Waals surface area contributed by atoms with Crippen LogP contribution in [0.5, 0.6) is 0 Å². The zero-order chi connectivity index (χ0) is 17.0. The zero-order valence-electron chi connectivity index (χ0n) is 14.6. The molecule has 1 heterocycles. The lowest BCUT2D eigenvalue weighted by Gasteiger charge is -2.39. The molecule has 0 spiro atoms. The van der Waals surface area contributed by atoms with Crippen LogP contribution in [-0.2, 0) is 14.6 Å². The summed E-state index contributed by atoms with van der Waals surface area (Å²) in [6.07, 6.45) is 0.345. The van der Waals surface area contributed by atoms with Crippen LogP contribution in [0.25, 0.3) is 0 Å². The summed E-state index contributed by atoms with van der Waals surface area (Å²) in [6, 6.07) is 0. The quantitative estimate of drug-likeness (QED) is 0.377. The van der Waals surface area contributed by atoms with Crippen molar-refractivity contribution < 1.29 is 13.2 Å². The molecule has 136 valence electrons. The van der Waals surface area contributed by atoms with E-state index in [1.54, 1.807) is 32.8 Å². The molecule has 1 aliphatic heterocycles. The van der Waals surface area contributed by atoms with Crippen molar-refractivity contribution in [2.24, 2.45) is 4.99 Å². The molecule has 7 nitrogen and oxygen atoms in total. The Morgan fingerprint density at radius 2 is 1.96 bits per heavy atom. The number of carbonyl (C=O) groups excluding carboxylic acids is 1. The second-order valence-corrected chi connectivity index (χ2v) is 9.02. The minimum absolute atomic E-state index is 0. The summed E-state index contributed by atoms with van der Waals surface area (Å²) in [4.78, 5) is 19.6. The van der Waals surface area contributed by atoms with Gasteiger partial charge >= 0.3 is 0 Å². The first-order chi connectivity index (χ1) is 10.1. The van der Waals surface area contributed by atoms with Gasteiger partial charge in [-0.1, -0.05) is 0 Å². The van der Waals surface area contributed by atoms with Crippen molar-refractivity contribution in [2.45, 2.75) is 31.9 Å². The van der Waals surface area contributed by atoms with E-state index in [9.17, 15) is 13.2 Å². The molecule has 0 saturated carbocycles. The third kappa shape index (κ3) is 6.09. The lowest BCUT2D eigenvalue weighted by Crippen LogP contribution is -2.57. The molecule has 0 aromatic heterocycles. The Morgan fingerprint density at radius 3 is 2.43 bits per heavy atom. The second kappa shape index (κ2) is 9.05. The van der Waals surface area contributed by atoms with Crippen molar-refractivity contribution in [3.63, 3.8) is 0 Å². The number of sulfone groups is 1. The first kappa shape index (κ1) is 22.4. The molecular weight excluding hydrogens is 431 g/mol. The Bertz CT molecular complexity index is 532. The maximum Gasteiger partial charge on any atom is 0.223 e. The molecule has 0 aromatic rings. The van der Waals surface area contributed by atoms with Crippen LogP contribution in [0, 0.1) is 0 Å². The van der Waals surface area contributed by atoms with Crippen molar-refractivity contribution in [2.75, 3.05) is 46.0 Å². The molecule has 0 aromatic carbocycles. The van der Waals surface area contributed by atoms with Crippen molar-refractivity contribution in [1.82, 2.24) is 15.1 Å². The summed E-state index contributed by atoms with van der Waals surface area (Å²) < 4.78 is 23.4. The van der Waals surface area contributed by atoms with Crippen LogP contribution in [0.2, 0.25) is 0 Å². The molecule has 0 atom stereocenters. The monoisotopic (exact) mass is 460 g/mol. The zero-order valence-corrected chi connectivity index (χ0v) is 17.8. The van der Waals surface area contributed by atoms with Crippen LogP contribution >= 0.6 is 24.0 Å². The van der Waals surface area contributed by atoms with Gasteiger partial charge in [0.25, 0.3) is 0 Å². The number of amides is 1. The van der Waals surface area contributed by atoms with E-state index in [2.05, 4.69) is 10.3 Å². The van der Waals surface area contributed by atoms with Crippen LogP contribution < -0.4 is 5.32 Å². The lowest BCUT2D eigenvalue weighted by molar-refractivity contribution is -0.128. The van der Waals surface area contributed by atoms with Crippen molar-refractivity contribution >= 4 is 45.7 Å². The highest BCUT2D eigenvalue weighted by Crippen LogP contribution is 2.23. The van der Waals surface area contributed by atoms with E-state index < -0.39 is 14.6 Å². The number of nitrogens with zero attached hydrogens (tertiary/aromatic N) is 3. The number of carbonyl (C=O) groups is 1. The number of rotatable bonds is 4. The Balaban J connectivity index is 0.00000484. The average molecular weight is 460 g/mol. The van der Waals surface area contributed by atoms with E-state index in [1.807, 2.05) is 11.8 Å². The molecule has 1 saturated heterocycles. The molecule has 9 heteroatoms. The van der Waals surface area contributed by atoms with Crippen LogP contribution in [-0.4, -0.2) is 80.9 Å². The molecule has 1 rings (SSSR count). The number of hydrogen-bond donors (Lipinski definition) is 1. The van der Waals surface area contributed by atoms with Gasteiger partial charge in [0.1, 0.15) is 0 Å². The lowest BCUT2D eigenvalue weighted by atomic mass is 10.2. The molecule has 0 bridgehead atoms. The first-order valence-corrected chi connectivity index (χ1v) is 9.21. The summed E-state index contributed by atoms with van der Waals surface area (Å²) in [5.41, 5.74) is 0. The van der Waals surface area contributed by atoms with Gasteiger partial charge in [-0.3, -0.25) is 9.79 Å². The minimum atomic E-state index is -3.07. The fourth-order valence-corrected chi connectivity index (χ4v) is 3.60. The van der Waals surface area contributed by atoms with Gasteiger partial charge in [0, 0.05) is 40.2 Å². The van der Waals surface area contributed by atoms with E-state index in [4.69, 9.17) is 0 Å². The average Bonchev–Trinajstić information content (AvgIpc) is 2.40. The third-order valence-corrected chi connectivity index (χ3v) is 6.30. The molecule has 0 unspecified atom stereocenters. The van der Waals surface area contributed by atoms with E-state index in [0.717, 1.165) is 0 Å². The predicted octanol–water partition coefficient (Wildman–Crippen LogP) is 0.557. The van der Waals surface area contributed by atoms with Crippen LogP contribution in [0.3, 0.4) is 0 Å². The van der Waals surface area contributed by atoms with Crippen molar-refractivity contribution in [3.05, 3.63) is 0 Å². The summed E-state index contributed by atoms with van der Waals surface area (Å²) in [5.74, 6) is 0.833. The number of nitrogens with one attached hydrogen (secondary N) is 1.